The molecule has 2 rings (SSSR count). The van der Waals surface area contributed by atoms with Crippen molar-refractivity contribution in [2.75, 3.05) is 13.1 Å². The lowest BCUT2D eigenvalue weighted by atomic mass is 10.2. The number of nitrogens with zero attached hydrogens (tertiary/aromatic N) is 1. The molecule has 7 nitrogen and oxygen atoms in total. The molecule has 0 aliphatic carbocycles. The minimum Gasteiger partial charge on any atom is -0.480 e. The average molecular weight is 319 g/mol. The van der Waals surface area contributed by atoms with E-state index in [2.05, 4.69) is 5.32 Å². The van der Waals surface area contributed by atoms with Gasteiger partial charge in [-0.3, -0.25) is 9.59 Å². The second-order valence-corrected chi connectivity index (χ2v) is 6.49. The summed E-state index contributed by atoms with van der Waals surface area (Å²) in [4.78, 5) is 22.4. The molecular weight excluding hydrogens is 308 g/mol. The van der Waals surface area contributed by atoms with Gasteiger partial charge in [-0.05, 0) is 24.3 Å². The van der Waals surface area contributed by atoms with Crippen LogP contribution in [-0.2, 0) is 19.6 Å². The molecule has 0 radical (unpaired) electrons. The van der Waals surface area contributed by atoms with Crippen molar-refractivity contribution >= 4 is 33.5 Å². The highest BCUT2D eigenvalue weighted by Crippen LogP contribution is 2.21. The Balaban J connectivity index is 2.41. The Hall–Kier alpha value is -1.64. The zero-order chi connectivity index (χ0) is 14.9. The fraction of sp³-hybridized carbons (Fsp3) is 0.273. The number of sulfonamides is 1. The van der Waals surface area contributed by atoms with E-state index in [-0.39, 0.29) is 11.4 Å². The van der Waals surface area contributed by atoms with Gasteiger partial charge in [0.2, 0.25) is 15.9 Å². The Morgan fingerprint density at radius 3 is 2.50 bits per heavy atom. The van der Waals surface area contributed by atoms with E-state index in [9.17, 15) is 18.0 Å². The predicted octanol–water partition coefficient (Wildman–Crippen LogP) is -0.0863. The van der Waals surface area contributed by atoms with E-state index < -0.39 is 34.5 Å². The van der Waals surface area contributed by atoms with Crippen LogP contribution in [0.5, 0.6) is 0 Å². The largest absolute Gasteiger partial charge is 0.480 e. The molecule has 0 spiro atoms. The maximum atomic E-state index is 12.4. The van der Waals surface area contributed by atoms with Crippen LogP contribution >= 0.6 is 11.6 Å². The second kappa shape index (κ2) is 5.39. The van der Waals surface area contributed by atoms with Gasteiger partial charge in [-0.2, -0.15) is 4.31 Å². The molecule has 1 aliphatic heterocycles. The molecule has 1 saturated heterocycles. The lowest BCUT2D eigenvalue weighted by molar-refractivity contribution is -0.143. The van der Waals surface area contributed by atoms with E-state index in [1.54, 1.807) is 0 Å². The van der Waals surface area contributed by atoms with Gasteiger partial charge in [-0.15, -0.1) is 0 Å². The third-order valence-electron chi connectivity index (χ3n) is 2.84. The van der Waals surface area contributed by atoms with Gasteiger partial charge in [-0.25, -0.2) is 8.42 Å². The van der Waals surface area contributed by atoms with Crippen LogP contribution in [0.2, 0.25) is 5.02 Å². The molecule has 1 unspecified atom stereocenters. The highest BCUT2D eigenvalue weighted by molar-refractivity contribution is 7.89. The highest BCUT2D eigenvalue weighted by atomic mass is 35.5. The number of carbonyl (C=O) groups excluding carboxylic acids is 1. The number of hydrogen-bond acceptors (Lipinski definition) is 4. The van der Waals surface area contributed by atoms with Crippen molar-refractivity contribution in [2.24, 2.45) is 0 Å². The van der Waals surface area contributed by atoms with Gasteiger partial charge in [0.05, 0.1) is 11.4 Å². The van der Waals surface area contributed by atoms with Crippen molar-refractivity contribution < 1.29 is 23.1 Å². The summed E-state index contributed by atoms with van der Waals surface area (Å²) < 4.78 is 25.5. The molecule has 1 atom stereocenters. The number of amides is 1. The Bertz CT molecular complexity index is 643. The number of benzene rings is 1. The van der Waals surface area contributed by atoms with Gasteiger partial charge < -0.3 is 10.4 Å². The van der Waals surface area contributed by atoms with Gasteiger partial charge in [0, 0.05) is 11.6 Å². The third kappa shape index (κ3) is 2.77. The van der Waals surface area contributed by atoms with Crippen LogP contribution in [0.25, 0.3) is 0 Å². The molecule has 0 bridgehead atoms. The van der Waals surface area contributed by atoms with E-state index in [0.717, 1.165) is 0 Å². The maximum Gasteiger partial charge on any atom is 0.323 e. The van der Waals surface area contributed by atoms with Crippen molar-refractivity contribution in [3.63, 3.8) is 0 Å². The number of carboxylic acid groups (broad SMARTS) is 1. The first-order valence-electron chi connectivity index (χ1n) is 5.59. The van der Waals surface area contributed by atoms with Crippen LogP contribution in [-0.4, -0.2) is 48.8 Å². The standard InChI is InChI=1S/C11H11ClN2O5S/c12-7-1-3-8(4-2-7)20(18,19)14-6-10(15)13-5-9(14)11(16)17/h1-4,9H,5-6H2,(H,13,15)(H,16,17). The summed E-state index contributed by atoms with van der Waals surface area (Å²) in [6.45, 7) is -0.789. The first-order chi connectivity index (χ1) is 9.32. The first kappa shape index (κ1) is 14.8. The quantitative estimate of drug-likeness (QED) is 0.811. The number of piperazine rings is 1. The lowest BCUT2D eigenvalue weighted by Crippen LogP contribution is -2.59. The van der Waals surface area contributed by atoms with Crippen LogP contribution in [0, 0.1) is 0 Å². The summed E-state index contributed by atoms with van der Waals surface area (Å²) in [6, 6.07) is 3.97. The van der Waals surface area contributed by atoms with E-state index >= 15 is 0 Å². The second-order valence-electron chi connectivity index (χ2n) is 4.16. The number of carboxylic acids is 1. The van der Waals surface area contributed by atoms with E-state index in [0.29, 0.717) is 9.33 Å². The first-order valence-corrected chi connectivity index (χ1v) is 7.41. The van der Waals surface area contributed by atoms with Gasteiger partial charge in [-0.1, -0.05) is 11.6 Å². The molecular formula is C11H11ClN2O5S. The molecule has 1 aromatic rings. The summed E-state index contributed by atoms with van der Waals surface area (Å²) in [5, 5.41) is 11.8. The number of halogens is 1. The molecule has 2 N–H and O–H groups in total. The maximum absolute atomic E-state index is 12.4. The summed E-state index contributed by atoms with van der Waals surface area (Å²) in [5.41, 5.74) is 0. The van der Waals surface area contributed by atoms with E-state index in [4.69, 9.17) is 16.7 Å². The monoisotopic (exact) mass is 318 g/mol. The number of carbonyl (C=O) groups is 2. The smallest absolute Gasteiger partial charge is 0.323 e. The molecule has 1 aromatic carbocycles. The van der Waals surface area contributed by atoms with Crippen LogP contribution in [0.15, 0.2) is 29.2 Å². The molecule has 1 fully saturated rings. The minimum absolute atomic E-state index is 0.108. The Morgan fingerprint density at radius 2 is 1.95 bits per heavy atom. The summed E-state index contributed by atoms with van der Waals surface area (Å²) in [7, 11) is -4.07. The number of rotatable bonds is 3. The molecule has 0 aromatic heterocycles. The van der Waals surface area contributed by atoms with Gasteiger partial charge in [0.1, 0.15) is 6.04 Å². The number of nitrogens with one attached hydrogen (secondary N) is 1. The van der Waals surface area contributed by atoms with Gasteiger partial charge in [0.15, 0.2) is 0 Å². The van der Waals surface area contributed by atoms with E-state index in [1.807, 2.05) is 0 Å². The molecule has 1 heterocycles. The van der Waals surface area contributed by atoms with Gasteiger partial charge in [0.25, 0.3) is 0 Å². The Labute approximate surface area is 120 Å². The molecule has 20 heavy (non-hydrogen) atoms. The SMILES string of the molecule is O=C1CN(S(=O)(=O)c2ccc(Cl)cc2)C(C(=O)O)CN1. The minimum atomic E-state index is -4.07. The van der Waals surface area contributed by atoms with Crippen molar-refractivity contribution in [3.8, 4) is 0 Å². The van der Waals surface area contributed by atoms with Crippen molar-refractivity contribution in [1.82, 2.24) is 9.62 Å². The zero-order valence-electron chi connectivity index (χ0n) is 10.1. The summed E-state index contributed by atoms with van der Waals surface area (Å²) in [5.74, 6) is -1.86. The van der Waals surface area contributed by atoms with Crippen molar-refractivity contribution in [2.45, 2.75) is 10.9 Å². The van der Waals surface area contributed by atoms with Crippen LogP contribution in [0.4, 0.5) is 0 Å². The van der Waals surface area contributed by atoms with Crippen molar-refractivity contribution in [1.29, 1.82) is 0 Å². The normalized spacial score (nSPS) is 20.4. The van der Waals surface area contributed by atoms with Crippen LogP contribution < -0.4 is 5.32 Å². The van der Waals surface area contributed by atoms with Crippen LogP contribution in [0.1, 0.15) is 0 Å². The fourth-order valence-corrected chi connectivity index (χ4v) is 3.49. The molecule has 0 saturated carbocycles. The van der Waals surface area contributed by atoms with Crippen molar-refractivity contribution in [3.05, 3.63) is 29.3 Å². The topological polar surface area (TPSA) is 104 Å². The zero-order valence-corrected chi connectivity index (χ0v) is 11.7. The lowest BCUT2D eigenvalue weighted by Gasteiger charge is -2.31. The molecule has 108 valence electrons. The Kier molecular flexibility index (Phi) is 3.98. The fourth-order valence-electron chi connectivity index (χ4n) is 1.82. The Morgan fingerprint density at radius 1 is 1.35 bits per heavy atom. The third-order valence-corrected chi connectivity index (χ3v) is 4.97. The average Bonchev–Trinajstić information content (AvgIpc) is 2.38. The molecule has 1 amide bonds. The summed E-state index contributed by atoms with van der Waals surface area (Å²) >= 11 is 5.68. The van der Waals surface area contributed by atoms with E-state index in [1.165, 1.54) is 24.3 Å². The van der Waals surface area contributed by atoms with Gasteiger partial charge >= 0.3 is 5.97 Å². The molecule has 9 heteroatoms. The number of hydrogen-bond donors (Lipinski definition) is 2. The number of aliphatic carboxylic acids is 1. The van der Waals surface area contributed by atoms with Crippen LogP contribution in [0.3, 0.4) is 0 Å². The highest BCUT2D eigenvalue weighted by Gasteiger charge is 2.40. The predicted molar refractivity (Wildman–Crippen MR) is 69.8 cm³/mol. The molecule has 1 aliphatic rings. The summed E-state index contributed by atoms with van der Waals surface area (Å²) in [6.07, 6.45) is 0.